The summed E-state index contributed by atoms with van der Waals surface area (Å²) in [6.45, 7) is 2.19. The molecule has 3 rings (SSSR count). The first kappa shape index (κ1) is 14.2. The smallest absolute Gasteiger partial charge is 0.215 e. The molecule has 3 aromatic rings. The van der Waals surface area contributed by atoms with Crippen LogP contribution in [0.15, 0.2) is 24.4 Å². The highest BCUT2D eigenvalue weighted by Crippen LogP contribution is 2.39. The minimum absolute atomic E-state index is 0.0306. The van der Waals surface area contributed by atoms with E-state index in [1.54, 1.807) is 18.3 Å². The van der Waals surface area contributed by atoms with Crippen LogP contribution in [0.4, 0.5) is 0 Å². The van der Waals surface area contributed by atoms with E-state index in [2.05, 4.69) is 9.97 Å². The quantitative estimate of drug-likeness (QED) is 0.667. The van der Waals surface area contributed by atoms with Crippen molar-refractivity contribution >= 4 is 34.1 Å². The van der Waals surface area contributed by atoms with Crippen molar-refractivity contribution in [2.45, 2.75) is 13.5 Å². The van der Waals surface area contributed by atoms with Gasteiger partial charge in [-0.25, -0.2) is 4.98 Å². The molecule has 0 bridgehead atoms. The Morgan fingerprint density at radius 1 is 1.33 bits per heavy atom. The molecule has 0 unspecified atom stereocenters. The summed E-state index contributed by atoms with van der Waals surface area (Å²) in [6, 6.07) is 5.31. The van der Waals surface area contributed by atoms with Crippen LogP contribution in [0.2, 0.25) is 10.0 Å². The van der Waals surface area contributed by atoms with Gasteiger partial charge in [0.15, 0.2) is 0 Å². The van der Waals surface area contributed by atoms with Gasteiger partial charge in [0.05, 0.1) is 0 Å². The lowest BCUT2D eigenvalue weighted by atomic mass is 9.96. The summed E-state index contributed by atoms with van der Waals surface area (Å²) in [4.78, 5) is 7.19. The third kappa shape index (κ3) is 2.25. The third-order valence-electron chi connectivity index (χ3n) is 3.52. The highest BCUT2D eigenvalue weighted by atomic mass is 35.5. The predicted octanol–water partition coefficient (Wildman–Crippen LogP) is 4.01. The fourth-order valence-corrected chi connectivity index (χ4v) is 3.04. The molecule has 6 heteroatoms. The fourth-order valence-electron chi connectivity index (χ4n) is 2.54. The molecule has 0 radical (unpaired) electrons. The van der Waals surface area contributed by atoms with E-state index in [1.165, 1.54) is 0 Å². The van der Waals surface area contributed by atoms with Crippen molar-refractivity contribution in [2.75, 3.05) is 0 Å². The number of hydrogen-bond acceptors (Lipinski definition) is 3. The standard InChI is InChI=1S/C15H13Cl2N3O/c1-7-10(5-18)13(9-3-2-8(16)4-12(9)17)11-6-19-15(21)14(11)20-7/h2-4,6,19,21H,5,18H2,1H3. The zero-order valence-electron chi connectivity index (χ0n) is 11.2. The number of aromatic hydroxyl groups is 1. The lowest BCUT2D eigenvalue weighted by Crippen LogP contribution is -2.04. The number of fused-ring (bicyclic) bond motifs is 1. The minimum atomic E-state index is 0.0306. The molecule has 0 saturated heterocycles. The second-order valence-electron chi connectivity index (χ2n) is 4.78. The summed E-state index contributed by atoms with van der Waals surface area (Å²) in [5, 5.41) is 11.8. The van der Waals surface area contributed by atoms with Gasteiger partial charge in [-0.15, -0.1) is 0 Å². The van der Waals surface area contributed by atoms with Crippen LogP contribution < -0.4 is 5.73 Å². The van der Waals surface area contributed by atoms with E-state index in [9.17, 15) is 5.11 Å². The van der Waals surface area contributed by atoms with Crippen molar-refractivity contribution in [3.8, 4) is 17.0 Å². The van der Waals surface area contributed by atoms with Crippen molar-refractivity contribution in [3.05, 3.63) is 45.7 Å². The molecule has 0 aliphatic carbocycles. The number of benzene rings is 1. The number of nitrogens with zero attached hydrogens (tertiary/aromatic N) is 1. The number of pyridine rings is 1. The molecule has 0 saturated carbocycles. The summed E-state index contributed by atoms with van der Waals surface area (Å²) in [5.41, 5.74) is 9.74. The Labute approximate surface area is 131 Å². The van der Waals surface area contributed by atoms with Gasteiger partial charge in [0, 0.05) is 45.0 Å². The summed E-state index contributed by atoms with van der Waals surface area (Å²) in [7, 11) is 0. The van der Waals surface area contributed by atoms with E-state index in [1.807, 2.05) is 13.0 Å². The van der Waals surface area contributed by atoms with Crippen molar-refractivity contribution in [1.82, 2.24) is 9.97 Å². The average molecular weight is 322 g/mol. The van der Waals surface area contributed by atoms with E-state index in [0.717, 1.165) is 27.8 Å². The maximum Gasteiger partial charge on any atom is 0.215 e. The van der Waals surface area contributed by atoms with Crippen molar-refractivity contribution in [2.24, 2.45) is 5.73 Å². The molecule has 2 aromatic heterocycles. The van der Waals surface area contributed by atoms with Crippen molar-refractivity contribution < 1.29 is 5.11 Å². The molecule has 0 aliphatic heterocycles. The average Bonchev–Trinajstić information content (AvgIpc) is 2.79. The Morgan fingerprint density at radius 2 is 2.10 bits per heavy atom. The highest BCUT2D eigenvalue weighted by molar-refractivity contribution is 6.36. The number of hydrogen-bond donors (Lipinski definition) is 3. The summed E-state index contributed by atoms with van der Waals surface area (Å²) in [6.07, 6.45) is 1.70. The second-order valence-corrected chi connectivity index (χ2v) is 5.62. The molecule has 4 nitrogen and oxygen atoms in total. The minimum Gasteiger partial charge on any atom is -0.493 e. The molecule has 0 aliphatic rings. The zero-order valence-corrected chi connectivity index (χ0v) is 12.8. The number of aromatic amines is 1. The Hall–Kier alpha value is -1.75. The lowest BCUT2D eigenvalue weighted by molar-refractivity contribution is 0.461. The van der Waals surface area contributed by atoms with Crippen LogP contribution in [0.25, 0.3) is 22.0 Å². The normalized spacial score (nSPS) is 11.2. The van der Waals surface area contributed by atoms with E-state index in [0.29, 0.717) is 22.1 Å². The molecule has 108 valence electrons. The van der Waals surface area contributed by atoms with E-state index >= 15 is 0 Å². The van der Waals surface area contributed by atoms with Gasteiger partial charge in [-0.05, 0) is 24.6 Å². The summed E-state index contributed by atoms with van der Waals surface area (Å²) >= 11 is 12.3. The van der Waals surface area contributed by atoms with E-state index < -0.39 is 0 Å². The molecular formula is C15H13Cl2N3O. The lowest BCUT2D eigenvalue weighted by Gasteiger charge is -2.14. The van der Waals surface area contributed by atoms with Gasteiger partial charge in [0.25, 0.3) is 0 Å². The van der Waals surface area contributed by atoms with Crippen molar-refractivity contribution in [1.29, 1.82) is 0 Å². The summed E-state index contributed by atoms with van der Waals surface area (Å²) in [5.74, 6) is 0.0306. The number of rotatable bonds is 2. The number of nitrogens with two attached hydrogens (primary N) is 1. The summed E-state index contributed by atoms with van der Waals surface area (Å²) < 4.78 is 0. The second kappa shape index (κ2) is 5.22. The van der Waals surface area contributed by atoms with Gasteiger partial charge < -0.3 is 15.8 Å². The van der Waals surface area contributed by atoms with Gasteiger partial charge in [-0.3, -0.25) is 0 Å². The monoisotopic (exact) mass is 321 g/mol. The number of nitrogens with one attached hydrogen (secondary N) is 1. The van der Waals surface area contributed by atoms with Gasteiger partial charge >= 0.3 is 0 Å². The molecule has 0 amide bonds. The van der Waals surface area contributed by atoms with Crippen LogP contribution in [-0.2, 0) is 6.54 Å². The molecule has 0 fully saturated rings. The number of aryl methyl sites for hydroxylation is 1. The molecule has 1 aromatic carbocycles. The first-order chi connectivity index (χ1) is 10.0. The largest absolute Gasteiger partial charge is 0.493 e. The maximum absolute atomic E-state index is 9.88. The molecule has 2 heterocycles. The number of halogens is 2. The number of aromatic nitrogens is 2. The molecule has 0 atom stereocenters. The SMILES string of the molecule is Cc1nc2c(O)[nH]cc2c(-c2ccc(Cl)cc2Cl)c1CN. The Morgan fingerprint density at radius 3 is 2.76 bits per heavy atom. The van der Waals surface area contributed by atoms with Crippen LogP contribution >= 0.6 is 23.2 Å². The predicted molar refractivity (Wildman–Crippen MR) is 85.8 cm³/mol. The Kier molecular flexibility index (Phi) is 3.53. The fraction of sp³-hybridized carbons (Fsp3) is 0.133. The van der Waals surface area contributed by atoms with Gasteiger partial charge in [0.2, 0.25) is 5.88 Å². The first-order valence-corrected chi connectivity index (χ1v) is 7.13. The highest BCUT2D eigenvalue weighted by Gasteiger charge is 2.18. The van der Waals surface area contributed by atoms with Crippen LogP contribution in [0.5, 0.6) is 5.88 Å². The molecule has 4 N–H and O–H groups in total. The van der Waals surface area contributed by atoms with Crippen LogP contribution in [0.3, 0.4) is 0 Å². The Bertz CT molecular complexity index is 843. The van der Waals surface area contributed by atoms with Gasteiger partial charge in [-0.1, -0.05) is 29.3 Å². The van der Waals surface area contributed by atoms with Crippen LogP contribution in [0.1, 0.15) is 11.3 Å². The zero-order chi connectivity index (χ0) is 15.1. The topological polar surface area (TPSA) is 74.9 Å². The third-order valence-corrected chi connectivity index (χ3v) is 4.07. The number of H-pyrrole nitrogens is 1. The molecular weight excluding hydrogens is 309 g/mol. The first-order valence-electron chi connectivity index (χ1n) is 6.38. The molecule has 21 heavy (non-hydrogen) atoms. The van der Waals surface area contributed by atoms with Gasteiger partial charge in [-0.2, -0.15) is 0 Å². The maximum atomic E-state index is 9.88. The van der Waals surface area contributed by atoms with E-state index in [4.69, 9.17) is 28.9 Å². The van der Waals surface area contributed by atoms with E-state index in [-0.39, 0.29) is 5.88 Å². The molecule has 0 spiro atoms. The van der Waals surface area contributed by atoms with Crippen LogP contribution in [0, 0.1) is 6.92 Å². The Balaban J connectivity index is 2.44. The van der Waals surface area contributed by atoms with Gasteiger partial charge in [0.1, 0.15) is 5.52 Å². The van der Waals surface area contributed by atoms with Crippen molar-refractivity contribution in [3.63, 3.8) is 0 Å². The van der Waals surface area contributed by atoms with Crippen LogP contribution in [-0.4, -0.2) is 15.1 Å².